The molecule has 0 atom stereocenters. The highest BCUT2D eigenvalue weighted by Gasteiger charge is 2.12. The first-order chi connectivity index (χ1) is 18.5. The van der Waals surface area contributed by atoms with E-state index in [0.29, 0.717) is 11.5 Å². The Labute approximate surface area is 222 Å². The number of rotatable bonds is 8. The largest absolute Gasteiger partial charge is 0.489 e. The lowest BCUT2D eigenvalue weighted by atomic mass is 9.91. The van der Waals surface area contributed by atoms with Crippen molar-refractivity contribution in [2.75, 3.05) is 13.2 Å². The number of nitrogens with zero attached hydrogens (tertiary/aromatic N) is 1. The van der Waals surface area contributed by atoms with Crippen molar-refractivity contribution in [3.05, 3.63) is 119 Å². The van der Waals surface area contributed by atoms with Crippen molar-refractivity contribution in [3.8, 4) is 47.4 Å². The van der Waals surface area contributed by atoms with Crippen molar-refractivity contribution in [3.63, 3.8) is 0 Å². The molecule has 5 rings (SSSR count). The molecule has 2 aliphatic rings. The topological polar surface area (TPSA) is 68.7 Å². The van der Waals surface area contributed by atoms with Crippen LogP contribution < -0.4 is 9.47 Å². The number of benzene rings is 3. The fourth-order valence-electron chi connectivity index (χ4n) is 3.84. The van der Waals surface area contributed by atoms with Crippen molar-refractivity contribution >= 4 is 11.5 Å². The molecule has 0 unspecified atom stereocenters. The van der Waals surface area contributed by atoms with Crippen LogP contribution in [0.4, 0.5) is 0 Å². The molecule has 5 heteroatoms. The SMILES string of the molecule is C#Cc1ccccc1C(=CCOc1ccc(OCC(=O)O)c(C)c1)c1ccccc1C#C.c1cc2cc-2n1. The van der Waals surface area contributed by atoms with Crippen LogP contribution in [0.3, 0.4) is 0 Å². The fourth-order valence-corrected chi connectivity index (χ4v) is 3.84. The molecule has 38 heavy (non-hydrogen) atoms. The van der Waals surface area contributed by atoms with Crippen LogP contribution in [0, 0.1) is 31.6 Å². The smallest absolute Gasteiger partial charge is 0.341 e. The molecule has 0 spiro atoms. The van der Waals surface area contributed by atoms with Crippen LogP contribution >= 0.6 is 0 Å². The van der Waals surface area contributed by atoms with Gasteiger partial charge in [-0.05, 0) is 77.7 Å². The van der Waals surface area contributed by atoms with Crippen LogP contribution in [0.15, 0.2) is 91.1 Å². The zero-order chi connectivity index (χ0) is 26.9. The number of pyridine rings is 1. The van der Waals surface area contributed by atoms with Gasteiger partial charge in [0.15, 0.2) is 6.61 Å². The lowest BCUT2D eigenvalue weighted by molar-refractivity contribution is -0.139. The van der Waals surface area contributed by atoms with E-state index in [4.69, 9.17) is 27.4 Å². The molecule has 0 radical (unpaired) electrons. The predicted molar refractivity (Wildman–Crippen MR) is 149 cm³/mol. The molecule has 3 aromatic rings. The summed E-state index contributed by atoms with van der Waals surface area (Å²) in [7, 11) is 0. The van der Waals surface area contributed by atoms with E-state index >= 15 is 0 Å². The van der Waals surface area contributed by atoms with Gasteiger partial charge in [-0.2, -0.15) is 0 Å². The summed E-state index contributed by atoms with van der Waals surface area (Å²) in [6.45, 7) is 1.72. The number of aliphatic carboxylic acids is 1. The van der Waals surface area contributed by atoms with E-state index < -0.39 is 12.6 Å². The number of ether oxygens (including phenoxy) is 2. The third kappa shape index (κ3) is 6.49. The van der Waals surface area contributed by atoms with Gasteiger partial charge < -0.3 is 14.6 Å². The van der Waals surface area contributed by atoms with E-state index in [9.17, 15) is 4.79 Å². The second-order valence-corrected chi connectivity index (χ2v) is 8.35. The highest BCUT2D eigenvalue weighted by atomic mass is 16.5. The number of carboxylic acid groups (broad SMARTS) is 1. The molecule has 1 aliphatic heterocycles. The van der Waals surface area contributed by atoms with Gasteiger partial charge >= 0.3 is 5.97 Å². The lowest BCUT2D eigenvalue weighted by Gasteiger charge is -2.14. The molecule has 3 aromatic carbocycles. The van der Waals surface area contributed by atoms with Crippen LogP contribution in [0.2, 0.25) is 0 Å². The molecule has 1 heterocycles. The summed E-state index contributed by atoms with van der Waals surface area (Å²) < 4.78 is 11.2. The van der Waals surface area contributed by atoms with Crippen molar-refractivity contribution in [1.29, 1.82) is 0 Å². The zero-order valence-corrected chi connectivity index (χ0v) is 20.8. The Morgan fingerprint density at radius 2 is 1.58 bits per heavy atom. The second kappa shape index (κ2) is 12.1. The standard InChI is InChI=1S/C28H22O4.C5H3N/c1-4-21-10-6-8-12-24(21)26(25-13-9-7-11-22(25)5-2)16-17-31-23-14-15-27(20(3)18-23)32-19-28(29)30;1-2-6-5-3-4(1)5/h1-2,6-16,18H,17,19H2,3H3,(H,29,30);1-3H. The van der Waals surface area contributed by atoms with E-state index in [1.165, 1.54) is 11.3 Å². The molecular formula is C33H25NO4. The number of hydrogen-bond donors (Lipinski definition) is 1. The molecule has 186 valence electrons. The summed E-state index contributed by atoms with van der Waals surface area (Å²) >= 11 is 0. The molecule has 1 aliphatic carbocycles. The lowest BCUT2D eigenvalue weighted by Crippen LogP contribution is -2.10. The highest BCUT2D eigenvalue weighted by Crippen LogP contribution is 2.30. The van der Waals surface area contributed by atoms with Crippen LogP contribution in [0.25, 0.3) is 16.8 Å². The zero-order valence-electron chi connectivity index (χ0n) is 20.8. The third-order valence-electron chi connectivity index (χ3n) is 5.75. The summed E-state index contributed by atoms with van der Waals surface area (Å²) in [5, 5.41) is 8.77. The van der Waals surface area contributed by atoms with Gasteiger partial charge in [-0.1, -0.05) is 48.2 Å². The Bertz CT molecular complexity index is 1510. The average Bonchev–Trinajstić information content (AvgIpc) is 3.54. The first kappa shape index (κ1) is 25.8. The summed E-state index contributed by atoms with van der Waals surface area (Å²) in [4.78, 5) is 14.7. The molecule has 0 saturated heterocycles. The molecule has 1 N–H and O–H groups in total. The van der Waals surface area contributed by atoms with Crippen molar-refractivity contribution in [2.45, 2.75) is 6.92 Å². The minimum atomic E-state index is -1.03. The number of terminal acetylenes is 2. The number of hydrogen-bond acceptors (Lipinski definition) is 4. The molecule has 0 saturated carbocycles. The van der Waals surface area contributed by atoms with Crippen molar-refractivity contribution in [2.24, 2.45) is 0 Å². The van der Waals surface area contributed by atoms with Gasteiger partial charge in [-0.25, -0.2) is 4.79 Å². The minimum absolute atomic E-state index is 0.280. The monoisotopic (exact) mass is 499 g/mol. The molecular weight excluding hydrogens is 474 g/mol. The van der Waals surface area contributed by atoms with E-state index in [1.54, 1.807) is 18.2 Å². The van der Waals surface area contributed by atoms with Crippen LogP contribution in [-0.2, 0) is 4.79 Å². The third-order valence-corrected chi connectivity index (χ3v) is 5.75. The van der Waals surface area contributed by atoms with Gasteiger partial charge in [0.2, 0.25) is 0 Å². The first-order valence-corrected chi connectivity index (χ1v) is 11.9. The van der Waals surface area contributed by atoms with Gasteiger partial charge in [-0.3, -0.25) is 4.98 Å². The Hall–Kier alpha value is -5.26. The average molecular weight is 500 g/mol. The van der Waals surface area contributed by atoms with Gasteiger partial charge in [0, 0.05) is 22.9 Å². The quantitative estimate of drug-likeness (QED) is 0.266. The van der Waals surface area contributed by atoms with E-state index in [0.717, 1.165) is 33.4 Å². The number of carbonyl (C=O) groups is 1. The van der Waals surface area contributed by atoms with Crippen LogP contribution in [0.1, 0.15) is 27.8 Å². The number of aromatic nitrogens is 1. The Morgan fingerprint density at radius 3 is 2.05 bits per heavy atom. The van der Waals surface area contributed by atoms with Gasteiger partial charge in [0.25, 0.3) is 0 Å². The maximum Gasteiger partial charge on any atom is 0.341 e. The van der Waals surface area contributed by atoms with Crippen molar-refractivity contribution in [1.82, 2.24) is 4.98 Å². The molecule has 0 aromatic heterocycles. The van der Waals surface area contributed by atoms with E-state index in [2.05, 4.69) is 22.9 Å². The van der Waals surface area contributed by atoms with Gasteiger partial charge in [0.05, 0.1) is 5.69 Å². The molecule has 0 bridgehead atoms. The number of aryl methyl sites for hydroxylation is 1. The summed E-state index contributed by atoms with van der Waals surface area (Å²) in [6, 6.07) is 24.7. The number of carboxylic acids is 1. The Balaban J connectivity index is 0.000000483. The maximum atomic E-state index is 10.7. The summed E-state index contributed by atoms with van der Waals surface area (Å²) in [6.07, 6.45) is 15.2. The number of fused-ring (bicyclic) bond motifs is 1. The maximum absolute atomic E-state index is 10.7. The Kier molecular flexibility index (Phi) is 8.24. The summed E-state index contributed by atoms with van der Waals surface area (Å²) in [5.41, 5.74) is 7.49. The second-order valence-electron chi connectivity index (χ2n) is 8.35. The molecule has 0 fully saturated rings. The van der Waals surface area contributed by atoms with Gasteiger partial charge in [-0.15, -0.1) is 12.8 Å². The van der Waals surface area contributed by atoms with Crippen molar-refractivity contribution < 1.29 is 19.4 Å². The van der Waals surface area contributed by atoms with E-state index in [-0.39, 0.29) is 6.61 Å². The van der Waals surface area contributed by atoms with Crippen LogP contribution in [0.5, 0.6) is 11.5 Å². The Morgan fingerprint density at radius 1 is 0.921 bits per heavy atom. The van der Waals surface area contributed by atoms with Crippen LogP contribution in [-0.4, -0.2) is 29.3 Å². The fraction of sp³-hybridized carbons (Fsp3) is 0.0909. The highest BCUT2D eigenvalue weighted by molar-refractivity contribution is 5.85. The predicted octanol–water partition coefficient (Wildman–Crippen LogP) is 5.99. The minimum Gasteiger partial charge on any atom is -0.489 e. The molecule has 5 nitrogen and oxygen atoms in total. The first-order valence-electron chi connectivity index (χ1n) is 11.9. The normalized spacial score (nSPS) is 10.1. The van der Waals surface area contributed by atoms with Gasteiger partial charge in [0.1, 0.15) is 18.1 Å². The summed E-state index contributed by atoms with van der Waals surface area (Å²) in [5.74, 6) is 5.58. The molecule has 0 amide bonds. The van der Waals surface area contributed by atoms with E-state index in [1.807, 2.05) is 73.8 Å².